The molecule has 9 heteroatoms. The Labute approximate surface area is 198 Å². The van der Waals surface area contributed by atoms with Crippen molar-refractivity contribution in [1.29, 1.82) is 0 Å². The van der Waals surface area contributed by atoms with Crippen molar-refractivity contribution in [3.8, 4) is 0 Å². The number of hydrogen-bond donors (Lipinski definition) is 0. The Hall–Kier alpha value is -3.10. The molecule has 1 aromatic carbocycles. The van der Waals surface area contributed by atoms with E-state index < -0.39 is 22.8 Å². The number of nitrogens with zero attached hydrogens (tertiary/aromatic N) is 3. The molecule has 1 saturated heterocycles. The van der Waals surface area contributed by atoms with E-state index in [2.05, 4.69) is 0 Å². The van der Waals surface area contributed by atoms with Gasteiger partial charge in [-0.2, -0.15) is 0 Å². The van der Waals surface area contributed by atoms with E-state index in [1.807, 2.05) is 30.2 Å². The monoisotopic (exact) mass is 473 g/mol. The van der Waals surface area contributed by atoms with Crippen molar-refractivity contribution in [2.24, 2.45) is 0 Å². The predicted octanol–water partition coefficient (Wildman–Crippen LogP) is 4.10. The molecule has 0 bridgehead atoms. The smallest absolute Gasteiger partial charge is 0.410 e. The van der Waals surface area contributed by atoms with Crippen molar-refractivity contribution in [2.75, 3.05) is 31.1 Å². The number of hydrogen-bond acceptors (Lipinski definition) is 6. The van der Waals surface area contributed by atoms with Crippen LogP contribution >= 0.6 is 0 Å². The lowest BCUT2D eigenvalue weighted by atomic mass is 10.1. The van der Waals surface area contributed by atoms with Crippen molar-refractivity contribution in [3.05, 3.63) is 39.9 Å². The summed E-state index contributed by atoms with van der Waals surface area (Å²) in [4.78, 5) is 41.4. The first-order valence-electron chi connectivity index (χ1n) is 11.8. The zero-order valence-electron chi connectivity index (χ0n) is 20.4. The highest BCUT2D eigenvalue weighted by Gasteiger charge is 2.30. The van der Waals surface area contributed by atoms with Gasteiger partial charge in [-0.3, -0.25) is 4.79 Å². The van der Waals surface area contributed by atoms with E-state index in [4.69, 9.17) is 9.47 Å². The second-order valence-corrected chi connectivity index (χ2v) is 10.2. The molecular formula is C25H32FN3O5. The highest BCUT2D eigenvalue weighted by molar-refractivity contribution is 5.94. The van der Waals surface area contributed by atoms with E-state index in [1.54, 1.807) is 31.0 Å². The van der Waals surface area contributed by atoms with E-state index in [0.717, 1.165) is 12.8 Å². The molecule has 4 rings (SSSR count). The van der Waals surface area contributed by atoms with Crippen LogP contribution < -0.4 is 10.3 Å². The van der Waals surface area contributed by atoms with E-state index >= 15 is 4.39 Å². The van der Waals surface area contributed by atoms with Crippen LogP contribution in [0.2, 0.25) is 0 Å². The van der Waals surface area contributed by atoms with Crippen LogP contribution in [0.3, 0.4) is 0 Å². The molecule has 0 radical (unpaired) electrons. The molecule has 8 nitrogen and oxygen atoms in total. The second kappa shape index (κ2) is 8.92. The Balaban J connectivity index is 1.64. The number of esters is 1. The summed E-state index contributed by atoms with van der Waals surface area (Å²) >= 11 is 0. The maximum Gasteiger partial charge on any atom is 0.410 e. The van der Waals surface area contributed by atoms with Crippen LogP contribution in [0.15, 0.2) is 23.1 Å². The summed E-state index contributed by atoms with van der Waals surface area (Å²) in [6.45, 7) is 10.6. The van der Waals surface area contributed by atoms with Crippen LogP contribution in [0.1, 0.15) is 63.9 Å². The Morgan fingerprint density at radius 3 is 2.29 bits per heavy atom. The lowest BCUT2D eigenvalue weighted by Gasteiger charge is -2.37. The Bertz CT molecular complexity index is 1170. The molecule has 1 aliphatic heterocycles. The van der Waals surface area contributed by atoms with Crippen LogP contribution in [0, 0.1) is 5.82 Å². The number of ether oxygens (including phenoxy) is 2. The van der Waals surface area contributed by atoms with Gasteiger partial charge in [-0.15, -0.1) is 0 Å². The van der Waals surface area contributed by atoms with Gasteiger partial charge in [0.2, 0.25) is 5.43 Å². The van der Waals surface area contributed by atoms with Crippen molar-refractivity contribution in [2.45, 2.75) is 65.2 Å². The van der Waals surface area contributed by atoms with Crippen molar-refractivity contribution < 1.29 is 23.5 Å². The van der Waals surface area contributed by atoms with Gasteiger partial charge < -0.3 is 23.8 Å². The molecule has 2 aromatic rings. The minimum atomic E-state index is -0.695. The fourth-order valence-electron chi connectivity index (χ4n) is 4.14. The zero-order valence-corrected chi connectivity index (χ0v) is 20.4. The third-order valence-electron chi connectivity index (χ3n) is 5.88. The van der Waals surface area contributed by atoms with Crippen LogP contribution in [0.5, 0.6) is 0 Å². The highest BCUT2D eigenvalue weighted by atomic mass is 19.1. The van der Waals surface area contributed by atoms with Gasteiger partial charge in [0.25, 0.3) is 0 Å². The number of carbonyl (C=O) groups is 2. The average Bonchev–Trinajstić information content (AvgIpc) is 3.57. The molecule has 2 heterocycles. The first kappa shape index (κ1) is 24.0. The van der Waals surface area contributed by atoms with Crippen LogP contribution in [0.25, 0.3) is 10.9 Å². The number of benzene rings is 1. The number of piperazine rings is 1. The second-order valence-electron chi connectivity index (χ2n) is 10.2. The Kier molecular flexibility index (Phi) is 6.31. The molecule has 1 saturated carbocycles. The minimum Gasteiger partial charge on any atom is -0.459 e. The Morgan fingerprint density at radius 1 is 1.09 bits per heavy atom. The number of pyridine rings is 1. The van der Waals surface area contributed by atoms with Crippen LogP contribution in [-0.4, -0.2) is 59.4 Å². The van der Waals surface area contributed by atoms with Gasteiger partial charge in [0.1, 0.15) is 17.0 Å². The summed E-state index contributed by atoms with van der Waals surface area (Å²) in [5.41, 5.74) is -0.211. The van der Waals surface area contributed by atoms with E-state index in [-0.39, 0.29) is 29.2 Å². The largest absolute Gasteiger partial charge is 0.459 e. The minimum absolute atomic E-state index is 0.0776. The van der Waals surface area contributed by atoms with Gasteiger partial charge in [0.15, 0.2) is 0 Å². The molecule has 2 fully saturated rings. The number of carbonyl (C=O) groups excluding carboxylic acids is 2. The number of anilines is 1. The van der Waals surface area contributed by atoms with Gasteiger partial charge in [-0.05, 0) is 59.6 Å². The molecular weight excluding hydrogens is 441 g/mol. The first-order chi connectivity index (χ1) is 15.9. The topological polar surface area (TPSA) is 81.1 Å². The zero-order chi connectivity index (χ0) is 24.8. The fourth-order valence-corrected chi connectivity index (χ4v) is 4.14. The molecule has 0 N–H and O–H groups in total. The van der Waals surface area contributed by atoms with Gasteiger partial charge in [-0.1, -0.05) is 0 Å². The number of aromatic nitrogens is 1. The normalized spacial score (nSPS) is 16.8. The number of fused-ring (bicyclic) bond motifs is 1. The first-order valence-corrected chi connectivity index (χ1v) is 11.8. The molecule has 2 aliphatic rings. The van der Waals surface area contributed by atoms with Crippen molar-refractivity contribution >= 4 is 28.7 Å². The van der Waals surface area contributed by atoms with Crippen LogP contribution in [-0.2, 0) is 9.47 Å². The summed E-state index contributed by atoms with van der Waals surface area (Å²) in [5, 5.41) is 0.166. The molecule has 1 amide bonds. The summed E-state index contributed by atoms with van der Waals surface area (Å²) < 4.78 is 27.8. The molecule has 34 heavy (non-hydrogen) atoms. The number of amides is 1. The van der Waals surface area contributed by atoms with Gasteiger partial charge in [0, 0.05) is 43.8 Å². The average molecular weight is 474 g/mol. The van der Waals surface area contributed by atoms with Gasteiger partial charge in [-0.25, -0.2) is 14.0 Å². The highest BCUT2D eigenvalue weighted by Crippen LogP contribution is 2.38. The SMILES string of the molecule is CC(C)OC(=O)c1cn(C2CC2)c2cc(N3CCN(C(=O)OC(C)(C)C)CC3)c(F)cc2c1=O. The summed E-state index contributed by atoms with van der Waals surface area (Å²) in [7, 11) is 0. The molecule has 0 spiro atoms. The molecule has 1 aromatic heterocycles. The predicted molar refractivity (Wildman–Crippen MR) is 127 cm³/mol. The molecule has 1 aliphatic carbocycles. The van der Waals surface area contributed by atoms with E-state index in [9.17, 15) is 14.4 Å². The lowest BCUT2D eigenvalue weighted by Crippen LogP contribution is -2.50. The van der Waals surface area contributed by atoms with E-state index in [0.29, 0.717) is 37.4 Å². The number of halogens is 1. The maximum atomic E-state index is 15.2. The summed E-state index contributed by atoms with van der Waals surface area (Å²) in [5.74, 6) is -1.23. The third-order valence-corrected chi connectivity index (χ3v) is 5.88. The third kappa shape index (κ3) is 5.03. The lowest BCUT2D eigenvalue weighted by molar-refractivity contribution is 0.0239. The van der Waals surface area contributed by atoms with Gasteiger partial charge >= 0.3 is 12.1 Å². The Morgan fingerprint density at radius 2 is 1.74 bits per heavy atom. The van der Waals surface area contributed by atoms with Crippen molar-refractivity contribution in [1.82, 2.24) is 9.47 Å². The standard InChI is InChI=1S/C25H32FN3O5/c1-15(2)33-23(31)18-14-29(16-6-7-16)20-13-21(19(26)12-17(20)22(18)30)27-8-10-28(11-9-27)24(32)34-25(3,4)5/h12-16H,6-11H2,1-5H3. The molecule has 0 atom stereocenters. The molecule has 0 unspecified atom stereocenters. The van der Waals surface area contributed by atoms with Crippen molar-refractivity contribution in [3.63, 3.8) is 0 Å². The fraction of sp³-hybridized carbons (Fsp3) is 0.560. The molecule has 184 valence electrons. The van der Waals surface area contributed by atoms with E-state index in [1.165, 1.54) is 6.07 Å². The quantitative estimate of drug-likeness (QED) is 0.622. The van der Waals surface area contributed by atoms with Gasteiger partial charge in [0.05, 0.1) is 17.3 Å². The summed E-state index contributed by atoms with van der Waals surface area (Å²) in [6, 6.07) is 3.07. The maximum absolute atomic E-state index is 15.2. The summed E-state index contributed by atoms with van der Waals surface area (Å²) in [6.07, 6.45) is 2.66. The van der Waals surface area contributed by atoms with Crippen LogP contribution in [0.4, 0.5) is 14.9 Å². The number of rotatable bonds is 4.